The van der Waals surface area contributed by atoms with E-state index in [2.05, 4.69) is 30.7 Å². The van der Waals surface area contributed by atoms with Gasteiger partial charge in [-0.2, -0.15) is 4.80 Å². The second-order valence-electron chi connectivity index (χ2n) is 6.27. The molecule has 0 spiro atoms. The third-order valence-corrected chi connectivity index (χ3v) is 4.60. The van der Waals surface area contributed by atoms with Gasteiger partial charge >= 0.3 is 0 Å². The molecule has 1 amide bonds. The van der Waals surface area contributed by atoms with Gasteiger partial charge in [-0.1, -0.05) is 35.9 Å². The lowest BCUT2D eigenvalue weighted by Crippen LogP contribution is -2.13. The maximum absolute atomic E-state index is 12.6. The first-order valence-electron chi connectivity index (χ1n) is 8.85. The van der Waals surface area contributed by atoms with Crippen LogP contribution in [0.15, 0.2) is 54.9 Å². The van der Waals surface area contributed by atoms with Gasteiger partial charge in [0, 0.05) is 21.7 Å². The van der Waals surface area contributed by atoms with Crippen LogP contribution >= 0.6 is 11.6 Å². The van der Waals surface area contributed by atoms with Crippen molar-refractivity contribution in [2.45, 2.75) is 0 Å². The van der Waals surface area contributed by atoms with E-state index in [0.29, 0.717) is 28.1 Å². The van der Waals surface area contributed by atoms with E-state index in [0.717, 1.165) is 16.7 Å². The molecule has 4 aromatic rings. The number of rotatable bonds is 5. The van der Waals surface area contributed by atoms with Crippen molar-refractivity contribution in [2.75, 3.05) is 12.4 Å². The molecule has 0 aliphatic heterocycles. The van der Waals surface area contributed by atoms with E-state index < -0.39 is 0 Å². The minimum atomic E-state index is -0.326. The Kier molecular flexibility index (Phi) is 5.36. The molecule has 0 fully saturated rings. The van der Waals surface area contributed by atoms with Crippen molar-refractivity contribution in [3.8, 4) is 28.4 Å². The Morgan fingerprint density at radius 2 is 1.83 bits per heavy atom. The first-order valence-corrected chi connectivity index (χ1v) is 9.23. The molecule has 0 saturated heterocycles. The normalized spacial score (nSPS) is 10.6. The first kappa shape index (κ1) is 19.5. The van der Waals surface area contributed by atoms with E-state index in [1.807, 2.05) is 24.3 Å². The van der Waals surface area contributed by atoms with Crippen LogP contribution in [0.4, 0.5) is 5.82 Å². The molecule has 1 N–H and O–H groups in total. The monoisotopic (exact) mass is 421 g/mol. The summed E-state index contributed by atoms with van der Waals surface area (Å²) in [6.45, 7) is 0. The Labute approximate surface area is 176 Å². The zero-order valence-electron chi connectivity index (χ0n) is 16.1. The van der Waals surface area contributed by atoms with Crippen molar-refractivity contribution >= 4 is 23.3 Å². The van der Waals surface area contributed by atoms with Crippen LogP contribution in [-0.2, 0) is 7.05 Å². The molecule has 0 unspecified atom stereocenters. The zero-order valence-corrected chi connectivity index (χ0v) is 16.8. The second-order valence-corrected chi connectivity index (χ2v) is 6.68. The Bertz CT molecular complexity index is 1190. The Morgan fingerprint density at radius 3 is 2.47 bits per heavy atom. The standard InChI is InChI=1S/C20H16ClN7O2/c1-28-26-19(25-27-28)13-5-3-12(4-6-13)15-9-14(7-8-16(15)21)20(29)24-17-10-23-18(30-2)11-22-17/h3-11H,1-2H3,(H,22,24,29). The molecule has 2 aromatic heterocycles. The van der Waals surface area contributed by atoms with Crippen LogP contribution in [-0.4, -0.2) is 43.2 Å². The molecule has 2 heterocycles. The molecular formula is C20H16ClN7O2. The molecule has 0 bridgehead atoms. The highest BCUT2D eigenvalue weighted by Crippen LogP contribution is 2.30. The molecule has 30 heavy (non-hydrogen) atoms. The molecule has 0 aliphatic rings. The molecule has 9 nitrogen and oxygen atoms in total. The summed E-state index contributed by atoms with van der Waals surface area (Å²) >= 11 is 6.38. The summed E-state index contributed by atoms with van der Waals surface area (Å²) in [4.78, 5) is 22.1. The van der Waals surface area contributed by atoms with Gasteiger partial charge in [-0.3, -0.25) is 4.79 Å². The summed E-state index contributed by atoms with van der Waals surface area (Å²) in [5.41, 5.74) is 2.84. The number of methoxy groups -OCH3 is 1. The highest BCUT2D eigenvalue weighted by molar-refractivity contribution is 6.33. The van der Waals surface area contributed by atoms with E-state index in [1.54, 1.807) is 25.2 Å². The number of nitrogens with zero attached hydrogens (tertiary/aromatic N) is 6. The van der Waals surface area contributed by atoms with Crippen molar-refractivity contribution in [1.29, 1.82) is 0 Å². The average Bonchev–Trinajstić information content (AvgIpc) is 3.21. The third-order valence-electron chi connectivity index (χ3n) is 4.27. The van der Waals surface area contributed by atoms with Gasteiger partial charge in [-0.25, -0.2) is 9.97 Å². The van der Waals surface area contributed by atoms with Gasteiger partial charge in [-0.15, -0.1) is 10.2 Å². The Morgan fingerprint density at radius 1 is 1.07 bits per heavy atom. The zero-order chi connectivity index (χ0) is 21.1. The number of amides is 1. The lowest BCUT2D eigenvalue weighted by atomic mass is 10.0. The predicted octanol–water partition coefficient (Wildman–Crippen LogP) is 3.25. The van der Waals surface area contributed by atoms with Crippen molar-refractivity contribution in [1.82, 2.24) is 30.2 Å². The number of aromatic nitrogens is 6. The maximum atomic E-state index is 12.6. The van der Waals surface area contributed by atoms with Crippen LogP contribution in [0.1, 0.15) is 10.4 Å². The van der Waals surface area contributed by atoms with Crippen molar-refractivity contribution in [3.05, 3.63) is 65.4 Å². The number of benzene rings is 2. The second kappa shape index (κ2) is 8.26. The molecule has 2 aromatic carbocycles. The number of tetrazole rings is 1. The number of halogens is 1. The van der Waals surface area contributed by atoms with Gasteiger partial charge in [-0.05, 0) is 29.0 Å². The number of nitrogens with one attached hydrogen (secondary N) is 1. The highest BCUT2D eigenvalue weighted by atomic mass is 35.5. The minimum Gasteiger partial charge on any atom is -0.480 e. The van der Waals surface area contributed by atoms with E-state index in [4.69, 9.17) is 16.3 Å². The summed E-state index contributed by atoms with van der Waals surface area (Å²) < 4.78 is 4.96. The van der Waals surface area contributed by atoms with Crippen LogP contribution in [0, 0.1) is 0 Å². The first-order chi connectivity index (χ1) is 14.5. The molecule has 150 valence electrons. The van der Waals surface area contributed by atoms with E-state index >= 15 is 0 Å². The lowest BCUT2D eigenvalue weighted by Gasteiger charge is -2.09. The number of anilines is 1. The Balaban J connectivity index is 1.57. The maximum Gasteiger partial charge on any atom is 0.256 e. The molecule has 0 aliphatic carbocycles. The molecule has 0 radical (unpaired) electrons. The van der Waals surface area contributed by atoms with Crippen LogP contribution in [0.3, 0.4) is 0 Å². The van der Waals surface area contributed by atoms with Crippen molar-refractivity contribution < 1.29 is 9.53 Å². The van der Waals surface area contributed by atoms with Gasteiger partial charge in [0.25, 0.3) is 5.91 Å². The molecule has 0 atom stereocenters. The molecular weight excluding hydrogens is 406 g/mol. The Hall–Kier alpha value is -3.85. The van der Waals surface area contributed by atoms with Crippen LogP contribution in [0.2, 0.25) is 5.02 Å². The number of hydrogen-bond donors (Lipinski definition) is 1. The highest BCUT2D eigenvalue weighted by Gasteiger charge is 2.12. The van der Waals surface area contributed by atoms with Crippen LogP contribution < -0.4 is 10.1 Å². The van der Waals surface area contributed by atoms with Crippen LogP contribution in [0.25, 0.3) is 22.5 Å². The van der Waals surface area contributed by atoms with Gasteiger partial charge in [0.2, 0.25) is 11.7 Å². The molecule has 4 rings (SSSR count). The van der Waals surface area contributed by atoms with Gasteiger partial charge in [0.05, 0.1) is 26.6 Å². The fourth-order valence-electron chi connectivity index (χ4n) is 2.76. The summed E-state index contributed by atoms with van der Waals surface area (Å²) in [6.07, 6.45) is 2.85. The quantitative estimate of drug-likeness (QED) is 0.527. The third kappa shape index (κ3) is 4.11. The van der Waals surface area contributed by atoms with E-state index in [-0.39, 0.29) is 5.91 Å². The fraction of sp³-hybridized carbons (Fsp3) is 0.100. The smallest absolute Gasteiger partial charge is 0.256 e. The van der Waals surface area contributed by atoms with Crippen LogP contribution in [0.5, 0.6) is 5.88 Å². The van der Waals surface area contributed by atoms with E-state index in [1.165, 1.54) is 24.3 Å². The van der Waals surface area contributed by atoms with Gasteiger partial charge in [0.1, 0.15) is 0 Å². The molecule has 10 heteroatoms. The fourth-order valence-corrected chi connectivity index (χ4v) is 2.99. The SMILES string of the molecule is COc1cnc(NC(=O)c2ccc(Cl)c(-c3ccc(-c4nnn(C)n4)cc3)c2)cn1. The number of hydrogen-bond acceptors (Lipinski definition) is 7. The van der Waals surface area contributed by atoms with Crippen molar-refractivity contribution in [3.63, 3.8) is 0 Å². The average molecular weight is 422 g/mol. The summed E-state index contributed by atoms with van der Waals surface area (Å²) in [7, 11) is 3.20. The largest absolute Gasteiger partial charge is 0.480 e. The number of aryl methyl sites for hydroxylation is 1. The van der Waals surface area contributed by atoms with Crippen molar-refractivity contribution in [2.24, 2.45) is 7.05 Å². The number of carbonyl (C=O) groups excluding carboxylic acids is 1. The minimum absolute atomic E-state index is 0.318. The summed E-state index contributed by atoms with van der Waals surface area (Å²) in [5.74, 6) is 0.886. The lowest BCUT2D eigenvalue weighted by molar-refractivity contribution is 0.102. The number of ether oxygens (including phenoxy) is 1. The summed E-state index contributed by atoms with van der Waals surface area (Å²) in [5, 5.41) is 15.3. The topological polar surface area (TPSA) is 108 Å². The van der Waals surface area contributed by atoms with Gasteiger partial charge in [0.15, 0.2) is 5.82 Å². The molecule has 0 saturated carbocycles. The summed E-state index contributed by atoms with van der Waals surface area (Å²) in [6, 6.07) is 12.6. The van der Waals surface area contributed by atoms with Gasteiger partial charge < -0.3 is 10.1 Å². The number of carbonyl (C=O) groups is 1. The van der Waals surface area contributed by atoms with E-state index in [9.17, 15) is 4.79 Å². The predicted molar refractivity (Wildman–Crippen MR) is 111 cm³/mol.